The number of carbonyl (C=O) groups excluding carboxylic acids is 3. The van der Waals surface area contributed by atoms with Crippen LogP contribution in [0.2, 0.25) is 5.02 Å². The smallest absolute Gasteiger partial charge is 0.331 e. The summed E-state index contributed by atoms with van der Waals surface area (Å²) in [4.78, 5) is 38.7. The molecule has 7 nitrogen and oxygen atoms in total. The minimum atomic E-state index is -0.716. The number of nitrogens with zero attached hydrogens (tertiary/aromatic N) is 1. The van der Waals surface area contributed by atoms with Crippen LogP contribution < -0.4 is 14.8 Å². The van der Waals surface area contributed by atoms with Crippen LogP contribution in [0.5, 0.6) is 11.5 Å². The van der Waals surface area contributed by atoms with E-state index in [4.69, 9.17) is 21.1 Å². The van der Waals surface area contributed by atoms with Crippen molar-refractivity contribution < 1.29 is 23.9 Å². The molecule has 0 atom stereocenters. The maximum Gasteiger partial charge on any atom is 0.331 e. The van der Waals surface area contributed by atoms with Gasteiger partial charge >= 0.3 is 6.03 Å². The molecular weight excluding hydrogens is 384 g/mol. The lowest BCUT2D eigenvalue weighted by Gasteiger charge is -2.35. The molecule has 8 heteroatoms. The molecule has 2 aliphatic rings. The second kappa shape index (κ2) is 8.65. The first-order chi connectivity index (χ1) is 13.5. The van der Waals surface area contributed by atoms with Gasteiger partial charge in [-0.25, -0.2) is 4.79 Å². The highest BCUT2D eigenvalue weighted by Crippen LogP contribution is 2.37. The third-order valence-electron chi connectivity index (χ3n) is 4.92. The van der Waals surface area contributed by atoms with Crippen molar-refractivity contribution in [1.82, 2.24) is 10.2 Å². The van der Waals surface area contributed by atoms with Gasteiger partial charge in [0.25, 0.3) is 11.8 Å². The Morgan fingerprint density at radius 1 is 1.21 bits per heavy atom. The van der Waals surface area contributed by atoms with Crippen LogP contribution in [0.3, 0.4) is 0 Å². The average molecular weight is 407 g/mol. The van der Waals surface area contributed by atoms with Gasteiger partial charge in [0.2, 0.25) is 0 Å². The number of hydrogen-bond donors (Lipinski definition) is 1. The molecule has 0 spiro atoms. The first-order valence-corrected chi connectivity index (χ1v) is 9.75. The number of halogens is 1. The zero-order chi connectivity index (χ0) is 20.3. The van der Waals surface area contributed by atoms with Crippen molar-refractivity contribution >= 4 is 35.5 Å². The summed E-state index contributed by atoms with van der Waals surface area (Å²) in [5.41, 5.74) is 0.402. The van der Waals surface area contributed by atoms with E-state index >= 15 is 0 Å². The number of nitrogens with one attached hydrogen (secondary N) is 1. The maximum absolute atomic E-state index is 13.0. The van der Waals surface area contributed by atoms with Gasteiger partial charge in [0.05, 0.1) is 18.7 Å². The average Bonchev–Trinajstić information content (AvgIpc) is 2.66. The van der Waals surface area contributed by atoms with Crippen molar-refractivity contribution in [3.63, 3.8) is 0 Å². The molecule has 1 aliphatic heterocycles. The summed E-state index contributed by atoms with van der Waals surface area (Å²) >= 11 is 6.25. The molecule has 3 rings (SSSR count). The van der Waals surface area contributed by atoms with E-state index in [1.165, 1.54) is 18.1 Å². The van der Waals surface area contributed by atoms with Crippen LogP contribution in [0, 0.1) is 0 Å². The van der Waals surface area contributed by atoms with E-state index in [1.54, 1.807) is 12.1 Å². The number of hydrogen-bond acceptors (Lipinski definition) is 5. The Kier molecular flexibility index (Phi) is 6.24. The number of methoxy groups -OCH3 is 1. The number of amides is 4. The van der Waals surface area contributed by atoms with Crippen molar-refractivity contribution in [3.8, 4) is 11.5 Å². The number of rotatable bonds is 5. The van der Waals surface area contributed by atoms with Crippen molar-refractivity contribution in [3.05, 3.63) is 28.3 Å². The Bertz CT molecular complexity index is 830. The van der Waals surface area contributed by atoms with Gasteiger partial charge in [-0.05, 0) is 43.5 Å². The lowest BCUT2D eigenvalue weighted by molar-refractivity contribution is -0.132. The molecule has 4 amide bonds. The predicted molar refractivity (Wildman–Crippen MR) is 104 cm³/mol. The van der Waals surface area contributed by atoms with Gasteiger partial charge < -0.3 is 9.47 Å². The van der Waals surface area contributed by atoms with E-state index in [0.717, 1.165) is 32.1 Å². The van der Waals surface area contributed by atoms with Crippen LogP contribution in [0.4, 0.5) is 4.79 Å². The Hall–Kier alpha value is -2.54. The van der Waals surface area contributed by atoms with E-state index < -0.39 is 17.8 Å². The minimum Gasteiger partial charge on any atom is -0.491 e. The van der Waals surface area contributed by atoms with Crippen molar-refractivity contribution in [2.24, 2.45) is 0 Å². The van der Waals surface area contributed by atoms with Gasteiger partial charge in [-0.1, -0.05) is 30.9 Å². The largest absolute Gasteiger partial charge is 0.491 e. The highest BCUT2D eigenvalue weighted by Gasteiger charge is 2.40. The van der Waals surface area contributed by atoms with Crippen LogP contribution >= 0.6 is 11.6 Å². The number of imide groups is 2. The van der Waals surface area contributed by atoms with Crippen LogP contribution in [-0.4, -0.2) is 42.5 Å². The zero-order valence-corrected chi connectivity index (χ0v) is 16.7. The third-order valence-corrected chi connectivity index (χ3v) is 5.20. The van der Waals surface area contributed by atoms with E-state index in [1.807, 2.05) is 6.92 Å². The van der Waals surface area contributed by atoms with E-state index in [2.05, 4.69) is 5.32 Å². The van der Waals surface area contributed by atoms with Gasteiger partial charge in [0.1, 0.15) is 5.57 Å². The quantitative estimate of drug-likeness (QED) is 0.597. The van der Waals surface area contributed by atoms with Crippen LogP contribution in [-0.2, 0) is 9.59 Å². The van der Waals surface area contributed by atoms with Crippen LogP contribution in [0.1, 0.15) is 44.6 Å². The Morgan fingerprint density at radius 3 is 2.57 bits per heavy atom. The molecule has 1 N–H and O–H groups in total. The molecule has 1 aliphatic carbocycles. The third kappa shape index (κ3) is 3.99. The lowest BCUT2D eigenvalue weighted by Crippen LogP contribution is -2.58. The zero-order valence-electron chi connectivity index (χ0n) is 15.9. The maximum atomic E-state index is 13.0. The molecule has 150 valence electrons. The SMILES string of the molecule is CCOc1cc(C=C2C(=O)NC(=O)N(C3CCCCC3)C2=O)cc(Cl)c1OC. The standard InChI is InChI=1S/C20H23ClN2O5/c1-3-28-16-11-12(10-15(21)17(16)27-2)9-14-18(24)22-20(26)23(19(14)25)13-7-5-4-6-8-13/h9-11,13H,3-8H2,1-2H3,(H,22,24,26). The predicted octanol–water partition coefficient (Wildman–Crippen LogP) is 3.54. The van der Waals surface area contributed by atoms with Crippen molar-refractivity contribution in [2.75, 3.05) is 13.7 Å². The summed E-state index contributed by atoms with van der Waals surface area (Å²) < 4.78 is 10.8. The highest BCUT2D eigenvalue weighted by atomic mass is 35.5. The van der Waals surface area contributed by atoms with Crippen LogP contribution in [0.25, 0.3) is 6.08 Å². The Labute approximate surface area is 168 Å². The van der Waals surface area contributed by atoms with Crippen LogP contribution in [0.15, 0.2) is 17.7 Å². The number of benzene rings is 1. The van der Waals surface area contributed by atoms with Crippen molar-refractivity contribution in [1.29, 1.82) is 0 Å². The number of urea groups is 1. The van der Waals surface area contributed by atoms with Gasteiger partial charge in [-0.2, -0.15) is 0 Å². The Morgan fingerprint density at radius 2 is 1.93 bits per heavy atom. The van der Waals surface area contributed by atoms with Gasteiger partial charge in [0.15, 0.2) is 11.5 Å². The summed E-state index contributed by atoms with van der Waals surface area (Å²) in [6.45, 7) is 2.22. The molecule has 0 unspecified atom stereocenters. The molecule has 0 bridgehead atoms. The molecule has 1 saturated carbocycles. The van der Waals surface area contributed by atoms with Gasteiger partial charge in [-0.15, -0.1) is 0 Å². The fraction of sp³-hybridized carbons (Fsp3) is 0.450. The second-order valence-electron chi connectivity index (χ2n) is 6.75. The first-order valence-electron chi connectivity index (χ1n) is 9.37. The molecule has 28 heavy (non-hydrogen) atoms. The molecule has 0 aromatic heterocycles. The highest BCUT2D eigenvalue weighted by molar-refractivity contribution is 6.33. The fourth-order valence-electron chi connectivity index (χ4n) is 3.64. The summed E-state index contributed by atoms with van der Waals surface area (Å²) in [5, 5.41) is 2.57. The fourth-order valence-corrected chi connectivity index (χ4v) is 3.94. The monoisotopic (exact) mass is 406 g/mol. The summed E-state index contributed by atoms with van der Waals surface area (Å²) in [6.07, 6.45) is 5.94. The molecular formula is C20H23ClN2O5. The normalized spacial score (nSPS) is 19.8. The number of ether oxygens (including phenoxy) is 2. The van der Waals surface area contributed by atoms with Gasteiger partial charge in [-0.3, -0.25) is 19.8 Å². The van der Waals surface area contributed by atoms with E-state index in [0.29, 0.717) is 28.7 Å². The summed E-state index contributed by atoms with van der Waals surface area (Å²) in [5.74, 6) is -0.505. The molecule has 2 fully saturated rings. The van der Waals surface area contributed by atoms with E-state index in [-0.39, 0.29) is 11.6 Å². The first kappa shape index (κ1) is 20.2. The molecule has 1 heterocycles. The van der Waals surface area contributed by atoms with E-state index in [9.17, 15) is 14.4 Å². The van der Waals surface area contributed by atoms with Crippen molar-refractivity contribution in [2.45, 2.75) is 45.1 Å². The lowest BCUT2D eigenvalue weighted by atomic mass is 9.93. The number of carbonyl (C=O) groups is 3. The topological polar surface area (TPSA) is 84.9 Å². The van der Waals surface area contributed by atoms with Gasteiger partial charge in [0, 0.05) is 6.04 Å². The summed E-state index contributed by atoms with van der Waals surface area (Å²) in [7, 11) is 1.48. The Balaban J connectivity index is 1.96. The number of barbiturate groups is 1. The molecule has 1 aromatic rings. The molecule has 1 aromatic carbocycles. The second-order valence-corrected chi connectivity index (χ2v) is 7.16. The minimum absolute atomic E-state index is 0.103. The molecule has 1 saturated heterocycles. The summed E-state index contributed by atoms with van der Waals surface area (Å²) in [6, 6.07) is 2.39. The molecule has 0 radical (unpaired) electrons.